The molecule has 1 N–H and O–H groups in total. The van der Waals surface area contributed by atoms with Crippen LogP contribution in [0.1, 0.15) is 44.7 Å². The van der Waals surface area contributed by atoms with E-state index in [1.807, 2.05) is 11.0 Å². The molecule has 0 aliphatic carbocycles. The predicted molar refractivity (Wildman–Crippen MR) is 95.3 cm³/mol. The van der Waals surface area contributed by atoms with E-state index in [9.17, 15) is 23.2 Å². The summed E-state index contributed by atoms with van der Waals surface area (Å²) in [4.78, 5) is 13.6. The van der Waals surface area contributed by atoms with Crippen LogP contribution in [0.15, 0.2) is 18.2 Å². The minimum atomic E-state index is -4.47. The molecule has 0 spiro atoms. The normalized spacial score (nSPS) is 16.0. The fourth-order valence-corrected chi connectivity index (χ4v) is 3.00. The van der Waals surface area contributed by atoms with E-state index in [0.29, 0.717) is 25.3 Å². The lowest BCUT2D eigenvalue weighted by Crippen LogP contribution is -2.40. The van der Waals surface area contributed by atoms with Crippen LogP contribution < -0.4 is 10.2 Å². The molecule has 0 saturated carbocycles. The van der Waals surface area contributed by atoms with Gasteiger partial charge in [-0.15, -0.1) is 0 Å². The highest BCUT2D eigenvalue weighted by atomic mass is 19.4. The molecule has 0 atom stereocenters. The van der Waals surface area contributed by atoms with Crippen molar-refractivity contribution in [1.82, 2.24) is 5.32 Å². The van der Waals surface area contributed by atoms with Crippen molar-refractivity contribution in [2.45, 2.75) is 45.4 Å². The van der Waals surface area contributed by atoms with Gasteiger partial charge in [0.15, 0.2) is 0 Å². The molecule has 1 aromatic carbocycles. The molecule has 0 radical (unpaired) electrons. The van der Waals surface area contributed by atoms with Gasteiger partial charge in [0.25, 0.3) is 0 Å². The first-order valence-corrected chi connectivity index (χ1v) is 8.83. The van der Waals surface area contributed by atoms with E-state index >= 15 is 0 Å². The molecule has 1 aromatic rings. The summed E-state index contributed by atoms with van der Waals surface area (Å²) in [6.45, 7) is 7.09. The molecular weight excluding hydrogens is 359 g/mol. The first kappa shape index (κ1) is 20.9. The molecule has 1 fully saturated rings. The van der Waals surface area contributed by atoms with Crippen molar-refractivity contribution in [3.05, 3.63) is 29.3 Å². The Hall–Kier alpha value is -2.43. The molecule has 148 valence electrons. The minimum absolute atomic E-state index is 0.0233. The summed E-state index contributed by atoms with van der Waals surface area (Å²) in [5.41, 5.74) is -0.831. The number of nitriles is 1. The monoisotopic (exact) mass is 383 g/mol. The zero-order valence-electron chi connectivity index (χ0n) is 15.7. The van der Waals surface area contributed by atoms with E-state index < -0.39 is 23.4 Å². The topological polar surface area (TPSA) is 65.4 Å². The van der Waals surface area contributed by atoms with E-state index in [0.717, 1.165) is 25.0 Å². The molecule has 0 aromatic heterocycles. The SMILES string of the molecule is CC(C)(C)OC(=O)NCC1CCN(c2ccc(C(F)(F)F)cc2C#N)CC1. The average molecular weight is 383 g/mol. The highest BCUT2D eigenvalue weighted by molar-refractivity contribution is 5.67. The lowest BCUT2D eigenvalue weighted by molar-refractivity contribution is -0.137. The summed E-state index contributed by atoms with van der Waals surface area (Å²) in [7, 11) is 0. The number of anilines is 1. The van der Waals surface area contributed by atoms with Crippen LogP contribution in [-0.2, 0) is 10.9 Å². The van der Waals surface area contributed by atoms with Gasteiger partial charge in [0, 0.05) is 19.6 Å². The number of benzene rings is 1. The number of nitrogens with zero attached hydrogens (tertiary/aromatic N) is 2. The number of alkyl carbamates (subject to hydrolysis) is 1. The summed E-state index contributed by atoms with van der Waals surface area (Å²) >= 11 is 0. The second-order valence-corrected chi connectivity index (χ2v) is 7.65. The number of carbonyl (C=O) groups excluding carboxylic acids is 1. The van der Waals surface area contributed by atoms with Crippen LogP contribution in [0.3, 0.4) is 0 Å². The van der Waals surface area contributed by atoms with Crippen molar-refractivity contribution in [2.75, 3.05) is 24.5 Å². The van der Waals surface area contributed by atoms with E-state index in [2.05, 4.69) is 5.32 Å². The van der Waals surface area contributed by atoms with Crippen LogP contribution in [0, 0.1) is 17.2 Å². The summed E-state index contributed by atoms with van der Waals surface area (Å²) in [5, 5.41) is 12.0. The minimum Gasteiger partial charge on any atom is -0.444 e. The van der Waals surface area contributed by atoms with E-state index in [4.69, 9.17) is 4.74 Å². The van der Waals surface area contributed by atoms with Crippen LogP contribution in [-0.4, -0.2) is 31.3 Å². The lowest BCUT2D eigenvalue weighted by atomic mass is 9.95. The molecule has 27 heavy (non-hydrogen) atoms. The van der Waals surface area contributed by atoms with Crippen molar-refractivity contribution < 1.29 is 22.7 Å². The van der Waals surface area contributed by atoms with E-state index in [-0.39, 0.29) is 11.5 Å². The van der Waals surface area contributed by atoms with Gasteiger partial charge in [0.2, 0.25) is 0 Å². The van der Waals surface area contributed by atoms with E-state index in [1.165, 1.54) is 6.07 Å². The van der Waals surface area contributed by atoms with Gasteiger partial charge in [-0.1, -0.05) is 0 Å². The van der Waals surface area contributed by atoms with Crippen LogP contribution in [0.2, 0.25) is 0 Å². The largest absolute Gasteiger partial charge is 0.444 e. The third-order valence-corrected chi connectivity index (χ3v) is 4.33. The van der Waals surface area contributed by atoms with Gasteiger partial charge < -0.3 is 15.0 Å². The van der Waals surface area contributed by atoms with Crippen molar-refractivity contribution in [2.24, 2.45) is 5.92 Å². The zero-order valence-corrected chi connectivity index (χ0v) is 15.7. The van der Waals surface area contributed by atoms with Gasteiger partial charge in [0.1, 0.15) is 11.7 Å². The Morgan fingerprint density at radius 3 is 2.44 bits per heavy atom. The highest BCUT2D eigenvalue weighted by Crippen LogP contribution is 2.33. The predicted octanol–water partition coefficient (Wildman–Crippen LogP) is 4.32. The standard InChI is InChI=1S/C19H24F3N3O2/c1-18(2,3)27-17(26)24-12-13-6-8-25(9-7-13)16-5-4-15(19(20,21)22)10-14(16)11-23/h4-5,10,13H,6-9,12H2,1-3H3,(H,24,26). The Labute approximate surface area is 157 Å². The number of halogens is 3. The van der Waals surface area contributed by atoms with E-state index in [1.54, 1.807) is 20.8 Å². The van der Waals surface area contributed by atoms with Crippen molar-refractivity contribution in [1.29, 1.82) is 5.26 Å². The van der Waals surface area contributed by atoms with Crippen LogP contribution in [0.5, 0.6) is 0 Å². The van der Waals surface area contributed by atoms with Gasteiger partial charge in [0.05, 0.1) is 16.8 Å². The Balaban J connectivity index is 1.92. The van der Waals surface area contributed by atoms with Crippen molar-refractivity contribution in [3.63, 3.8) is 0 Å². The summed E-state index contributed by atoms with van der Waals surface area (Å²) < 4.78 is 43.6. The molecule has 0 unspecified atom stereocenters. The van der Waals surface area contributed by atoms with Gasteiger partial charge in [-0.25, -0.2) is 4.79 Å². The average Bonchev–Trinajstić information content (AvgIpc) is 2.57. The fraction of sp³-hybridized carbons (Fsp3) is 0.579. The zero-order chi connectivity index (χ0) is 20.2. The molecule has 5 nitrogen and oxygen atoms in total. The van der Waals surface area contributed by atoms with Crippen LogP contribution >= 0.6 is 0 Å². The number of piperidine rings is 1. The Bertz CT molecular complexity index is 712. The van der Waals surface area contributed by atoms with Gasteiger partial charge in [-0.05, 0) is 57.7 Å². The number of hydrogen-bond donors (Lipinski definition) is 1. The molecule has 8 heteroatoms. The summed E-state index contributed by atoms with van der Waals surface area (Å²) in [5.74, 6) is 0.258. The van der Waals surface area contributed by atoms with Gasteiger partial charge in [-0.2, -0.15) is 18.4 Å². The van der Waals surface area contributed by atoms with Crippen LogP contribution in [0.4, 0.5) is 23.7 Å². The lowest BCUT2D eigenvalue weighted by Gasteiger charge is -2.34. The number of rotatable bonds is 3. The molecule has 2 rings (SSSR count). The fourth-order valence-electron chi connectivity index (χ4n) is 3.00. The molecule has 0 bridgehead atoms. The van der Waals surface area contributed by atoms with Crippen molar-refractivity contribution >= 4 is 11.8 Å². The first-order chi connectivity index (χ1) is 12.5. The quantitative estimate of drug-likeness (QED) is 0.844. The second-order valence-electron chi connectivity index (χ2n) is 7.65. The second kappa shape index (κ2) is 8.07. The first-order valence-electron chi connectivity index (χ1n) is 8.83. The highest BCUT2D eigenvalue weighted by Gasteiger charge is 2.32. The molecule has 1 aliphatic heterocycles. The molecule has 1 aliphatic rings. The smallest absolute Gasteiger partial charge is 0.416 e. The number of ether oxygens (including phenoxy) is 1. The summed E-state index contributed by atoms with van der Waals surface area (Å²) in [6.07, 6.45) is -3.40. The number of nitrogens with one attached hydrogen (secondary N) is 1. The number of carbonyl (C=O) groups is 1. The summed E-state index contributed by atoms with van der Waals surface area (Å²) in [6, 6.07) is 5.13. The molecule has 1 saturated heterocycles. The third-order valence-electron chi connectivity index (χ3n) is 4.33. The number of alkyl halides is 3. The van der Waals surface area contributed by atoms with Gasteiger partial charge >= 0.3 is 12.3 Å². The Morgan fingerprint density at radius 2 is 1.93 bits per heavy atom. The number of amides is 1. The number of hydrogen-bond acceptors (Lipinski definition) is 4. The maximum atomic E-state index is 12.8. The molecule has 1 heterocycles. The Morgan fingerprint density at radius 1 is 1.30 bits per heavy atom. The Kier molecular flexibility index (Phi) is 6.24. The molecule has 1 amide bonds. The van der Waals surface area contributed by atoms with Gasteiger partial charge in [-0.3, -0.25) is 0 Å². The third kappa shape index (κ3) is 6.05. The van der Waals surface area contributed by atoms with Crippen molar-refractivity contribution in [3.8, 4) is 6.07 Å². The van der Waals surface area contributed by atoms with Crippen LogP contribution in [0.25, 0.3) is 0 Å². The molecular formula is C19H24F3N3O2. The maximum Gasteiger partial charge on any atom is 0.416 e. The maximum absolute atomic E-state index is 12.8.